The van der Waals surface area contributed by atoms with Gasteiger partial charge < -0.3 is 9.64 Å². The van der Waals surface area contributed by atoms with E-state index in [-0.39, 0.29) is 11.9 Å². The molecule has 0 aliphatic rings. The fraction of sp³-hybridized carbons (Fsp3) is 0.923. The van der Waals surface area contributed by atoms with Gasteiger partial charge in [-0.3, -0.25) is 15.1 Å². The van der Waals surface area contributed by atoms with Crippen LogP contribution in [-0.2, 0) is 9.53 Å². The molecule has 0 aromatic rings. The minimum Gasteiger partial charge on any atom is -0.383 e. The third-order valence-corrected chi connectivity index (χ3v) is 3.43. The van der Waals surface area contributed by atoms with Crippen LogP contribution in [0, 0.1) is 0 Å². The molecule has 3 N–H and O–H groups in total. The number of likely N-dealkylation sites (N-methyl/N-ethyl adjacent to an activating group) is 1. The van der Waals surface area contributed by atoms with E-state index in [0.717, 1.165) is 39.1 Å². The molecule has 19 heavy (non-hydrogen) atoms. The van der Waals surface area contributed by atoms with E-state index < -0.39 is 0 Å². The van der Waals surface area contributed by atoms with E-state index in [9.17, 15) is 4.79 Å². The maximum absolute atomic E-state index is 11.7. The summed E-state index contributed by atoms with van der Waals surface area (Å²) >= 11 is 0. The van der Waals surface area contributed by atoms with E-state index in [2.05, 4.69) is 29.1 Å². The predicted octanol–water partition coefficient (Wildman–Crippen LogP) is 0.0451. The maximum Gasteiger partial charge on any atom is 0.253 e. The van der Waals surface area contributed by atoms with Crippen molar-refractivity contribution in [2.75, 3.05) is 46.4 Å². The SMILES string of the molecule is CCN(CC)CCCN(CC)C(COC)C(=O)NN. The van der Waals surface area contributed by atoms with Crippen LogP contribution >= 0.6 is 0 Å². The molecule has 0 radical (unpaired) electrons. The summed E-state index contributed by atoms with van der Waals surface area (Å²) in [6, 6.07) is -0.309. The van der Waals surface area contributed by atoms with Gasteiger partial charge in [-0.25, -0.2) is 5.84 Å². The van der Waals surface area contributed by atoms with Gasteiger partial charge in [-0.15, -0.1) is 0 Å². The number of carbonyl (C=O) groups is 1. The van der Waals surface area contributed by atoms with Gasteiger partial charge in [0.15, 0.2) is 0 Å². The second-order valence-electron chi connectivity index (χ2n) is 4.49. The number of nitrogens with zero attached hydrogens (tertiary/aromatic N) is 2. The molecule has 0 bridgehead atoms. The molecule has 1 unspecified atom stereocenters. The number of hydrogen-bond acceptors (Lipinski definition) is 5. The Bertz CT molecular complexity index is 235. The molecule has 0 saturated carbocycles. The zero-order valence-electron chi connectivity index (χ0n) is 12.8. The van der Waals surface area contributed by atoms with Crippen molar-refractivity contribution >= 4 is 5.91 Å². The molecule has 1 atom stereocenters. The second kappa shape index (κ2) is 11.2. The van der Waals surface area contributed by atoms with E-state index in [1.54, 1.807) is 7.11 Å². The number of carbonyl (C=O) groups excluding carboxylic acids is 1. The second-order valence-corrected chi connectivity index (χ2v) is 4.49. The number of amides is 1. The van der Waals surface area contributed by atoms with E-state index >= 15 is 0 Å². The lowest BCUT2D eigenvalue weighted by atomic mass is 10.2. The van der Waals surface area contributed by atoms with E-state index in [1.807, 2.05) is 6.92 Å². The Balaban J connectivity index is 4.31. The molecule has 114 valence electrons. The first-order valence-electron chi connectivity index (χ1n) is 7.10. The number of hydrazine groups is 1. The van der Waals surface area contributed by atoms with Crippen molar-refractivity contribution in [3.63, 3.8) is 0 Å². The number of ether oxygens (including phenoxy) is 1. The summed E-state index contributed by atoms with van der Waals surface area (Å²) in [6.45, 7) is 11.6. The standard InChI is InChI=1S/C13H30N4O2/c1-5-16(6-2)9-8-10-17(7-3)12(11-19-4)13(18)15-14/h12H,5-11,14H2,1-4H3,(H,15,18). The van der Waals surface area contributed by atoms with Gasteiger partial charge in [0.1, 0.15) is 6.04 Å². The van der Waals surface area contributed by atoms with Gasteiger partial charge in [-0.2, -0.15) is 0 Å². The van der Waals surface area contributed by atoms with Crippen molar-refractivity contribution < 1.29 is 9.53 Å². The molecule has 0 aliphatic heterocycles. The van der Waals surface area contributed by atoms with Gasteiger partial charge in [0.05, 0.1) is 6.61 Å². The fourth-order valence-corrected chi connectivity index (χ4v) is 2.17. The largest absolute Gasteiger partial charge is 0.383 e. The molecule has 0 heterocycles. The quantitative estimate of drug-likeness (QED) is 0.316. The first-order chi connectivity index (χ1) is 9.14. The highest BCUT2D eigenvalue weighted by atomic mass is 16.5. The van der Waals surface area contributed by atoms with Gasteiger partial charge in [0.25, 0.3) is 5.91 Å². The normalized spacial score (nSPS) is 13.0. The lowest BCUT2D eigenvalue weighted by Gasteiger charge is -2.29. The lowest BCUT2D eigenvalue weighted by molar-refractivity contribution is -0.128. The van der Waals surface area contributed by atoms with Crippen LogP contribution in [-0.4, -0.2) is 68.2 Å². The predicted molar refractivity (Wildman–Crippen MR) is 77.6 cm³/mol. The topological polar surface area (TPSA) is 70.8 Å². The van der Waals surface area contributed by atoms with E-state index in [4.69, 9.17) is 10.6 Å². The summed E-state index contributed by atoms with van der Waals surface area (Å²) in [6.07, 6.45) is 1.04. The molecular weight excluding hydrogens is 244 g/mol. The van der Waals surface area contributed by atoms with Crippen LogP contribution in [0.25, 0.3) is 0 Å². The summed E-state index contributed by atoms with van der Waals surface area (Å²) in [4.78, 5) is 16.2. The molecular formula is C13H30N4O2. The highest BCUT2D eigenvalue weighted by molar-refractivity contribution is 5.81. The third kappa shape index (κ3) is 6.87. The van der Waals surface area contributed by atoms with Crippen LogP contribution < -0.4 is 11.3 Å². The summed E-state index contributed by atoms with van der Waals surface area (Å²) < 4.78 is 5.11. The highest BCUT2D eigenvalue weighted by Gasteiger charge is 2.23. The Kier molecular flexibility index (Phi) is 10.8. The zero-order valence-corrected chi connectivity index (χ0v) is 12.8. The average molecular weight is 274 g/mol. The van der Waals surface area contributed by atoms with Gasteiger partial charge in [-0.1, -0.05) is 20.8 Å². The zero-order chi connectivity index (χ0) is 14.7. The monoisotopic (exact) mass is 274 g/mol. The van der Waals surface area contributed by atoms with Crippen LogP contribution in [0.5, 0.6) is 0 Å². The maximum atomic E-state index is 11.7. The fourth-order valence-electron chi connectivity index (χ4n) is 2.17. The Morgan fingerprint density at radius 2 is 1.84 bits per heavy atom. The molecule has 0 fully saturated rings. The van der Waals surface area contributed by atoms with Gasteiger partial charge in [0, 0.05) is 13.7 Å². The molecule has 0 aliphatic carbocycles. The van der Waals surface area contributed by atoms with Crippen LogP contribution in [0.3, 0.4) is 0 Å². The summed E-state index contributed by atoms with van der Waals surface area (Å²) in [7, 11) is 1.60. The van der Waals surface area contributed by atoms with Gasteiger partial charge in [-0.05, 0) is 32.6 Å². The molecule has 0 aromatic heterocycles. The van der Waals surface area contributed by atoms with Crippen molar-refractivity contribution in [1.82, 2.24) is 15.2 Å². The number of methoxy groups -OCH3 is 1. The smallest absolute Gasteiger partial charge is 0.253 e. The average Bonchev–Trinajstić information content (AvgIpc) is 2.45. The van der Waals surface area contributed by atoms with Crippen molar-refractivity contribution in [1.29, 1.82) is 0 Å². The van der Waals surface area contributed by atoms with Crippen molar-refractivity contribution in [2.24, 2.45) is 5.84 Å². The van der Waals surface area contributed by atoms with Crippen molar-refractivity contribution in [3.05, 3.63) is 0 Å². The lowest BCUT2D eigenvalue weighted by Crippen LogP contribution is -2.51. The third-order valence-electron chi connectivity index (χ3n) is 3.43. The van der Waals surface area contributed by atoms with E-state index in [0.29, 0.717) is 6.61 Å². The number of rotatable bonds is 11. The summed E-state index contributed by atoms with van der Waals surface area (Å²) in [5.41, 5.74) is 2.22. The molecule has 1 amide bonds. The minimum atomic E-state index is -0.309. The van der Waals surface area contributed by atoms with Crippen molar-refractivity contribution in [2.45, 2.75) is 33.2 Å². The Hall–Kier alpha value is -0.690. The van der Waals surface area contributed by atoms with Crippen LogP contribution in [0.4, 0.5) is 0 Å². The summed E-state index contributed by atoms with van der Waals surface area (Å²) in [5.74, 6) is 5.04. The Morgan fingerprint density at radius 1 is 1.21 bits per heavy atom. The number of hydrogen-bond donors (Lipinski definition) is 2. The van der Waals surface area contributed by atoms with E-state index in [1.165, 1.54) is 0 Å². The molecule has 0 spiro atoms. The first-order valence-corrected chi connectivity index (χ1v) is 7.10. The van der Waals surface area contributed by atoms with Crippen LogP contribution in [0.1, 0.15) is 27.2 Å². The highest BCUT2D eigenvalue weighted by Crippen LogP contribution is 2.03. The summed E-state index contributed by atoms with van der Waals surface area (Å²) in [5, 5.41) is 0. The molecule has 0 rings (SSSR count). The van der Waals surface area contributed by atoms with Crippen molar-refractivity contribution in [3.8, 4) is 0 Å². The minimum absolute atomic E-state index is 0.188. The van der Waals surface area contributed by atoms with Gasteiger partial charge >= 0.3 is 0 Å². The van der Waals surface area contributed by atoms with Gasteiger partial charge in [0.2, 0.25) is 0 Å². The Morgan fingerprint density at radius 3 is 2.26 bits per heavy atom. The molecule has 0 aromatic carbocycles. The molecule has 0 saturated heterocycles. The number of nitrogens with one attached hydrogen (secondary N) is 1. The van der Waals surface area contributed by atoms with Crippen LogP contribution in [0.2, 0.25) is 0 Å². The Labute approximate surface area is 117 Å². The molecule has 6 heteroatoms. The van der Waals surface area contributed by atoms with Crippen LogP contribution in [0.15, 0.2) is 0 Å². The molecule has 6 nitrogen and oxygen atoms in total. The first kappa shape index (κ1) is 18.3. The number of nitrogens with two attached hydrogens (primary N) is 1.